The smallest absolute Gasteiger partial charge is 0.407 e. The lowest BCUT2D eigenvalue weighted by atomic mass is 9.98. The Bertz CT molecular complexity index is 837. The summed E-state index contributed by atoms with van der Waals surface area (Å²) in [5, 5.41) is 10.9. The fraction of sp³-hybridized carbons (Fsp3) is 0.250. The van der Waals surface area contributed by atoms with Crippen LogP contribution in [0.5, 0.6) is 0 Å². The van der Waals surface area contributed by atoms with Gasteiger partial charge in [-0.1, -0.05) is 48.5 Å². The van der Waals surface area contributed by atoms with Gasteiger partial charge in [0.05, 0.1) is 0 Å². The standard InChI is InChI=1S/C20H20N2O6/c23-18(22-28-12-19(24)25)9-10-21-20(26)27-11-17-15-7-3-1-5-13(15)14-6-2-4-8-16(14)17/h1-8,17H,9-12H2,(H,21,26)(H,22,23)(H,24,25). The summed E-state index contributed by atoms with van der Waals surface area (Å²) < 4.78 is 5.34. The van der Waals surface area contributed by atoms with E-state index in [4.69, 9.17) is 9.84 Å². The van der Waals surface area contributed by atoms with Crippen molar-refractivity contribution in [1.29, 1.82) is 0 Å². The Morgan fingerprint density at radius 3 is 2.18 bits per heavy atom. The number of carbonyl (C=O) groups is 3. The zero-order chi connectivity index (χ0) is 19.9. The van der Waals surface area contributed by atoms with Crippen molar-refractivity contribution in [3.05, 3.63) is 59.7 Å². The molecule has 0 aromatic heterocycles. The van der Waals surface area contributed by atoms with Gasteiger partial charge < -0.3 is 15.2 Å². The minimum atomic E-state index is -1.20. The third kappa shape index (κ3) is 4.66. The summed E-state index contributed by atoms with van der Waals surface area (Å²) in [5.41, 5.74) is 6.50. The third-order valence-corrected chi connectivity index (χ3v) is 4.35. The summed E-state index contributed by atoms with van der Waals surface area (Å²) in [5.74, 6) is -1.77. The second kappa shape index (κ2) is 9.01. The molecule has 0 bridgehead atoms. The van der Waals surface area contributed by atoms with Crippen LogP contribution in [0.1, 0.15) is 23.5 Å². The molecule has 0 spiro atoms. The fourth-order valence-electron chi connectivity index (χ4n) is 3.16. The van der Waals surface area contributed by atoms with Gasteiger partial charge in [0.1, 0.15) is 6.61 Å². The van der Waals surface area contributed by atoms with Crippen LogP contribution < -0.4 is 10.8 Å². The Morgan fingerprint density at radius 1 is 0.964 bits per heavy atom. The molecule has 2 amide bonds. The van der Waals surface area contributed by atoms with E-state index in [2.05, 4.69) is 22.3 Å². The van der Waals surface area contributed by atoms with Crippen molar-refractivity contribution in [2.45, 2.75) is 12.3 Å². The molecule has 8 nitrogen and oxygen atoms in total. The predicted molar refractivity (Wildman–Crippen MR) is 99.4 cm³/mol. The number of aliphatic carboxylic acids is 1. The van der Waals surface area contributed by atoms with Crippen molar-refractivity contribution in [2.24, 2.45) is 0 Å². The van der Waals surface area contributed by atoms with Crippen LogP contribution in [0.4, 0.5) is 4.79 Å². The zero-order valence-electron chi connectivity index (χ0n) is 15.0. The number of carbonyl (C=O) groups excluding carboxylic acids is 2. The van der Waals surface area contributed by atoms with E-state index >= 15 is 0 Å². The van der Waals surface area contributed by atoms with Gasteiger partial charge in [0.15, 0.2) is 6.61 Å². The van der Waals surface area contributed by atoms with E-state index in [-0.39, 0.29) is 25.5 Å². The molecule has 0 heterocycles. The van der Waals surface area contributed by atoms with Crippen LogP contribution in [0.25, 0.3) is 11.1 Å². The summed E-state index contributed by atoms with van der Waals surface area (Å²) >= 11 is 0. The van der Waals surface area contributed by atoms with E-state index in [1.807, 2.05) is 41.9 Å². The second-order valence-electron chi connectivity index (χ2n) is 6.21. The van der Waals surface area contributed by atoms with E-state index in [0.717, 1.165) is 22.3 Å². The van der Waals surface area contributed by atoms with Crippen LogP contribution in [-0.4, -0.2) is 42.8 Å². The van der Waals surface area contributed by atoms with Crippen LogP contribution in [0, 0.1) is 0 Å². The highest BCUT2D eigenvalue weighted by Crippen LogP contribution is 2.44. The normalized spacial score (nSPS) is 12.0. The molecule has 0 unspecified atom stereocenters. The van der Waals surface area contributed by atoms with Gasteiger partial charge in [-0.15, -0.1) is 0 Å². The SMILES string of the molecule is O=C(O)CONC(=O)CCNC(=O)OCC1c2ccccc2-c2ccccc21. The Hall–Kier alpha value is -3.39. The molecule has 0 aliphatic heterocycles. The number of hydroxylamine groups is 1. The maximum Gasteiger partial charge on any atom is 0.407 e. The lowest BCUT2D eigenvalue weighted by Crippen LogP contribution is -2.32. The van der Waals surface area contributed by atoms with E-state index in [1.165, 1.54) is 0 Å². The van der Waals surface area contributed by atoms with Crippen molar-refractivity contribution in [3.63, 3.8) is 0 Å². The monoisotopic (exact) mass is 384 g/mol. The molecule has 1 aliphatic rings. The van der Waals surface area contributed by atoms with Crippen molar-refractivity contribution in [1.82, 2.24) is 10.8 Å². The average Bonchev–Trinajstić information content (AvgIpc) is 3.00. The van der Waals surface area contributed by atoms with Gasteiger partial charge in [-0.2, -0.15) is 0 Å². The molecule has 1 aliphatic carbocycles. The number of hydrogen-bond donors (Lipinski definition) is 3. The van der Waals surface area contributed by atoms with Crippen LogP contribution in [-0.2, 0) is 19.2 Å². The number of alkyl carbamates (subject to hydrolysis) is 1. The summed E-state index contributed by atoms with van der Waals surface area (Å²) in [7, 11) is 0. The van der Waals surface area contributed by atoms with Gasteiger partial charge in [0.2, 0.25) is 5.91 Å². The zero-order valence-corrected chi connectivity index (χ0v) is 15.0. The van der Waals surface area contributed by atoms with Gasteiger partial charge in [-0.05, 0) is 22.3 Å². The maximum absolute atomic E-state index is 11.9. The number of rotatable bonds is 8. The molecule has 0 radical (unpaired) electrons. The van der Waals surface area contributed by atoms with Gasteiger partial charge in [-0.25, -0.2) is 15.1 Å². The summed E-state index contributed by atoms with van der Waals surface area (Å²) in [6.45, 7) is -0.404. The Morgan fingerprint density at radius 2 is 1.57 bits per heavy atom. The van der Waals surface area contributed by atoms with Gasteiger partial charge in [0, 0.05) is 18.9 Å². The lowest BCUT2D eigenvalue weighted by Gasteiger charge is -2.14. The number of amides is 2. The molecular formula is C20H20N2O6. The molecule has 0 saturated heterocycles. The highest BCUT2D eigenvalue weighted by Gasteiger charge is 2.28. The average molecular weight is 384 g/mol. The predicted octanol–water partition coefficient (Wildman–Crippen LogP) is 2.05. The lowest BCUT2D eigenvalue weighted by molar-refractivity contribution is -0.149. The van der Waals surface area contributed by atoms with E-state index in [1.54, 1.807) is 0 Å². The minimum absolute atomic E-state index is 0.0362. The number of carboxylic acids is 1. The topological polar surface area (TPSA) is 114 Å². The first-order chi connectivity index (χ1) is 13.6. The van der Waals surface area contributed by atoms with E-state index in [0.29, 0.717) is 0 Å². The highest BCUT2D eigenvalue weighted by molar-refractivity contribution is 5.79. The number of fused-ring (bicyclic) bond motifs is 3. The first-order valence-corrected chi connectivity index (χ1v) is 8.77. The maximum atomic E-state index is 11.9. The molecule has 0 saturated carbocycles. The number of hydrogen-bond acceptors (Lipinski definition) is 5. The molecule has 0 atom stereocenters. The van der Waals surface area contributed by atoms with Crippen molar-refractivity contribution >= 4 is 18.0 Å². The van der Waals surface area contributed by atoms with Crippen molar-refractivity contribution < 1.29 is 29.1 Å². The van der Waals surface area contributed by atoms with Gasteiger partial charge in [0.25, 0.3) is 0 Å². The van der Waals surface area contributed by atoms with Crippen molar-refractivity contribution in [3.8, 4) is 11.1 Å². The number of ether oxygens (including phenoxy) is 1. The Labute approximate surface area is 161 Å². The quantitative estimate of drug-likeness (QED) is 0.600. The minimum Gasteiger partial charge on any atom is -0.479 e. The summed E-state index contributed by atoms with van der Waals surface area (Å²) in [6.07, 6.45) is -0.690. The molecule has 3 N–H and O–H groups in total. The molecule has 3 rings (SSSR count). The largest absolute Gasteiger partial charge is 0.479 e. The van der Waals surface area contributed by atoms with E-state index < -0.39 is 24.6 Å². The second-order valence-corrected chi connectivity index (χ2v) is 6.21. The molecule has 2 aromatic carbocycles. The molecule has 8 heteroatoms. The Balaban J connectivity index is 1.46. The van der Waals surface area contributed by atoms with Crippen LogP contribution in [0.2, 0.25) is 0 Å². The number of nitrogens with one attached hydrogen (secondary N) is 2. The van der Waals surface area contributed by atoms with Crippen LogP contribution in [0.3, 0.4) is 0 Å². The summed E-state index contributed by atoms with van der Waals surface area (Å²) in [4.78, 5) is 38.1. The number of carboxylic acid groups (broad SMARTS) is 1. The molecule has 0 fully saturated rings. The number of benzene rings is 2. The van der Waals surface area contributed by atoms with Crippen LogP contribution >= 0.6 is 0 Å². The first-order valence-electron chi connectivity index (χ1n) is 8.77. The molecule has 2 aromatic rings. The van der Waals surface area contributed by atoms with E-state index in [9.17, 15) is 14.4 Å². The molecular weight excluding hydrogens is 364 g/mol. The van der Waals surface area contributed by atoms with Crippen LogP contribution in [0.15, 0.2) is 48.5 Å². The molecule has 28 heavy (non-hydrogen) atoms. The fourth-order valence-corrected chi connectivity index (χ4v) is 3.16. The summed E-state index contributed by atoms with van der Waals surface area (Å²) in [6, 6.07) is 16.1. The Kier molecular flexibility index (Phi) is 6.23. The first kappa shape index (κ1) is 19.4. The van der Waals surface area contributed by atoms with Gasteiger partial charge >= 0.3 is 12.1 Å². The molecule has 146 valence electrons. The van der Waals surface area contributed by atoms with Gasteiger partial charge in [-0.3, -0.25) is 9.63 Å². The third-order valence-electron chi connectivity index (χ3n) is 4.35. The highest BCUT2D eigenvalue weighted by atomic mass is 16.7. The van der Waals surface area contributed by atoms with Crippen molar-refractivity contribution in [2.75, 3.05) is 19.8 Å².